The molecule has 0 aromatic carbocycles. The number of nitrogens with zero attached hydrogens (tertiary/aromatic N) is 1. The molecule has 0 amide bonds. The van der Waals surface area contributed by atoms with Gasteiger partial charge in [-0.25, -0.2) is 9.78 Å². The topological polar surface area (TPSA) is 51.2 Å². The number of rotatable bonds is 3. The van der Waals surface area contributed by atoms with Gasteiger partial charge in [-0.05, 0) is 45.7 Å². The SMILES string of the molecule is CC(C)(C)OC(=O)c1ccnc(NC2CCCCC2)c1. The summed E-state index contributed by atoms with van der Waals surface area (Å²) < 4.78 is 5.37. The van der Waals surface area contributed by atoms with Crippen molar-refractivity contribution >= 4 is 11.8 Å². The lowest BCUT2D eigenvalue weighted by molar-refractivity contribution is 0.00694. The lowest BCUT2D eigenvalue weighted by Gasteiger charge is -2.23. The first-order valence-electron chi connectivity index (χ1n) is 7.40. The van der Waals surface area contributed by atoms with Crippen molar-refractivity contribution in [1.29, 1.82) is 0 Å². The molecule has 1 saturated carbocycles. The Morgan fingerprint density at radius 1 is 1.30 bits per heavy atom. The van der Waals surface area contributed by atoms with Crippen molar-refractivity contribution in [2.75, 3.05) is 5.32 Å². The van der Waals surface area contributed by atoms with E-state index in [2.05, 4.69) is 10.3 Å². The van der Waals surface area contributed by atoms with Gasteiger partial charge in [0, 0.05) is 12.2 Å². The average molecular weight is 276 g/mol. The zero-order valence-corrected chi connectivity index (χ0v) is 12.6. The normalized spacial score (nSPS) is 16.8. The number of carbonyl (C=O) groups excluding carboxylic acids is 1. The summed E-state index contributed by atoms with van der Waals surface area (Å²) in [6.07, 6.45) is 7.87. The molecule has 1 aliphatic carbocycles. The number of carbonyl (C=O) groups is 1. The van der Waals surface area contributed by atoms with Crippen LogP contribution in [0.25, 0.3) is 0 Å². The maximum atomic E-state index is 12.0. The van der Waals surface area contributed by atoms with Crippen LogP contribution in [0.3, 0.4) is 0 Å². The molecule has 1 fully saturated rings. The second-order valence-electron chi connectivity index (χ2n) is 6.41. The molecule has 110 valence electrons. The summed E-state index contributed by atoms with van der Waals surface area (Å²) >= 11 is 0. The van der Waals surface area contributed by atoms with E-state index in [1.165, 1.54) is 32.1 Å². The Hall–Kier alpha value is -1.58. The molecule has 1 aromatic heterocycles. The summed E-state index contributed by atoms with van der Waals surface area (Å²) in [5.74, 6) is 0.465. The van der Waals surface area contributed by atoms with E-state index in [0.29, 0.717) is 11.6 Å². The third kappa shape index (κ3) is 4.51. The smallest absolute Gasteiger partial charge is 0.338 e. The maximum Gasteiger partial charge on any atom is 0.338 e. The van der Waals surface area contributed by atoms with E-state index in [4.69, 9.17) is 4.74 Å². The number of aromatic nitrogens is 1. The van der Waals surface area contributed by atoms with E-state index in [9.17, 15) is 4.79 Å². The van der Waals surface area contributed by atoms with Gasteiger partial charge in [0.2, 0.25) is 0 Å². The first kappa shape index (κ1) is 14.8. The van der Waals surface area contributed by atoms with Crippen LogP contribution in [0.4, 0.5) is 5.82 Å². The molecular weight excluding hydrogens is 252 g/mol. The van der Waals surface area contributed by atoms with Crippen molar-refractivity contribution in [2.24, 2.45) is 0 Å². The number of pyridine rings is 1. The fraction of sp³-hybridized carbons (Fsp3) is 0.625. The number of hydrogen-bond acceptors (Lipinski definition) is 4. The lowest BCUT2D eigenvalue weighted by Crippen LogP contribution is -2.25. The molecule has 0 bridgehead atoms. The van der Waals surface area contributed by atoms with Crippen molar-refractivity contribution in [1.82, 2.24) is 4.98 Å². The third-order valence-electron chi connectivity index (χ3n) is 3.35. The van der Waals surface area contributed by atoms with Gasteiger partial charge in [-0.2, -0.15) is 0 Å². The summed E-state index contributed by atoms with van der Waals surface area (Å²) in [5.41, 5.74) is 0.0744. The third-order valence-corrected chi connectivity index (χ3v) is 3.35. The molecule has 4 heteroatoms. The zero-order valence-electron chi connectivity index (χ0n) is 12.6. The molecule has 1 heterocycles. The molecule has 0 unspecified atom stereocenters. The van der Waals surface area contributed by atoms with Crippen molar-refractivity contribution in [3.8, 4) is 0 Å². The Balaban J connectivity index is 2.01. The second kappa shape index (κ2) is 6.25. The number of ether oxygens (including phenoxy) is 1. The van der Waals surface area contributed by atoms with Crippen molar-refractivity contribution < 1.29 is 9.53 Å². The quantitative estimate of drug-likeness (QED) is 0.854. The van der Waals surface area contributed by atoms with Crippen LogP contribution in [0.2, 0.25) is 0 Å². The molecule has 1 aromatic rings. The van der Waals surface area contributed by atoms with Gasteiger partial charge in [0.05, 0.1) is 5.56 Å². The maximum absolute atomic E-state index is 12.0. The van der Waals surface area contributed by atoms with Crippen LogP contribution < -0.4 is 5.32 Å². The van der Waals surface area contributed by atoms with Gasteiger partial charge >= 0.3 is 5.97 Å². The largest absolute Gasteiger partial charge is 0.456 e. The van der Waals surface area contributed by atoms with Crippen molar-refractivity contribution in [3.05, 3.63) is 23.9 Å². The summed E-state index contributed by atoms with van der Waals surface area (Å²) in [6, 6.07) is 3.95. The van der Waals surface area contributed by atoms with Gasteiger partial charge in [-0.15, -0.1) is 0 Å². The number of anilines is 1. The Kier molecular flexibility index (Phi) is 4.63. The molecule has 2 rings (SSSR count). The van der Waals surface area contributed by atoms with Gasteiger partial charge < -0.3 is 10.1 Å². The first-order valence-corrected chi connectivity index (χ1v) is 7.40. The minimum Gasteiger partial charge on any atom is -0.456 e. The van der Waals surface area contributed by atoms with E-state index in [1.54, 1.807) is 18.3 Å². The number of esters is 1. The average Bonchev–Trinajstić information content (AvgIpc) is 2.38. The molecule has 20 heavy (non-hydrogen) atoms. The van der Waals surface area contributed by atoms with Gasteiger partial charge in [0.1, 0.15) is 11.4 Å². The highest BCUT2D eigenvalue weighted by atomic mass is 16.6. The number of nitrogens with one attached hydrogen (secondary N) is 1. The monoisotopic (exact) mass is 276 g/mol. The van der Waals surface area contributed by atoms with Crippen LogP contribution in [-0.2, 0) is 4.74 Å². The summed E-state index contributed by atoms with van der Waals surface area (Å²) in [5, 5.41) is 3.42. The minimum absolute atomic E-state index is 0.299. The fourth-order valence-corrected chi connectivity index (χ4v) is 2.43. The molecule has 0 saturated heterocycles. The van der Waals surface area contributed by atoms with Crippen LogP contribution >= 0.6 is 0 Å². The Labute approximate surface area is 120 Å². The van der Waals surface area contributed by atoms with Crippen LogP contribution in [0, 0.1) is 0 Å². The van der Waals surface area contributed by atoms with Crippen molar-refractivity contribution in [3.63, 3.8) is 0 Å². The molecule has 0 radical (unpaired) electrons. The van der Waals surface area contributed by atoms with E-state index in [1.807, 2.05) is 20.8 Å². The van der Waals surface area contributed by atoms with Crippen LogP contribution in [0.1, 0.15) is 63.2 Å². The fourth-order valence-electron chi connectivity index (χ4n) is 2.43. The Bertz CT molecular complexity index is 460. The molecule has 0 spiro atoms. The van der Waals surface area contributed by atoms with Crippen LogP contribution in [0.5, 0.6) is 0 Å². The lowest BCUT2D eigenvalue weighted by atomic mass is 9.95. The van der Waals surface area contributed by atoms with Gasteiger partial charge in [-0.3, -0.25) is 0 Å². The minimum atomic E-state index is -0.475. The molecule has 4 nitrogen and oxygen atoms in total. The highest BCUT2D eigenvalue weighted by Gasteiger charge is 2.19. The summed E-state index contributed by atoms with van der Waals surface area (Å²) in [6.45, 7) is 5.60. The highest BCUT2D eigenvalue weighted by molar-refractivity contribution is 5.90. The molecule has 0 atom stereocenters. The zero-order chi connectivity index (χ0) is 14.6. The standard InChI is InChI=1S/C16H24N2O2/c1-16(2,3)20-15(19)12-9-10-17-14(11-12)18-13-7-5-4-6-8-13/h9-11,13H,4-8H2,1-3H3,(H,17,18). The molecule has 1 N–H and O–H groups in total. The van der Waals surface area contributed by atoms with Crippen molar-refractivity contribution in [2.45, 2.75) is 64.5 Å². The Morgan fingerprint density at radius 2 is 2.00 bits per heavy atom. The van der Waals surface area contributed by atoms with Gasteiger partial charge in [-0.1, -0.05) is 19.3 Å². The van der Waals surface area contributed by atoms with Crippen LogP contribution in [-0.4, -0.2) is 22.6 Å². The van der Waals surface area contributed by atoms with Gasteiger partial charge in [0.15, 0.2) is 0 Å². The predicted molar refractivity (Wildman–Crippen MR) is 79.9 cm³/mol. The molecular formula is C16H24N2O2. The van der Waals surface area contributed by atoms with E-state index in [-0.39, 0.29) is 5.97 Å². The van der Waals surface area contributed by atoms with Gasteiger partial charge in [0.25, 0.3) is 0 Å². The molecule has 1 aliphatic rings. The Morgan fingerprint density at radius 3 is 2.65 bits per heavy atom. The van der Waals surface area contributed by atoms with E-state index in [0.717, 1.165) is 5.82 Å². The predicted octanol–water partition coefficient (Wildman–Crippen LogP) is 3.78. The summed E-state index contributed by atoms with van der Waals surface area (Å²) in [7, 11) is 0. The molecule has 0 aliphatic heterocycles. The van der Waals surface area contributed by atoms with Crippen LogP contribution in [0.15, 0.2) is 18.3 Å². The summed E-state index contributed by atoms with van der Waals surface area (Å²) in [4.78, 5) is 16.3. The second-order valence-corrected chi connectivity index (χ2v) is 6.41. The first-order chi connectivity index (χ1) is 9.44. The van der Waals surface area contributed by atoms with E-state index >= 15 is 0 Å². The highest BCUT2D eigenvalue weighted by Crippen LogP contribution is 2.21. The number of hydrogen-bond donors (Lipinski definition) is 1. The van der Waals surface area contributed by atoms with E-state index < -0.39 is 5.60 Å².